The summed E-state index contributed by atoms with van der Waals surface area (Å²) in [6, 6.07) is 11.9. The molecule has 0 unspecified atom stereocenters. The van der Waals surface area contributed by atoms with Crippen molar-refractivity contribution in [3.63, 3.8) is 0 Å². The Morgan fingerprint density at radius 1 is 0.836 bits per heavy atom. The second kappa shape index (κ2) is 16.4. The number of hydrogen-bond acceptors (Lipinski definition) is 10. The fourth-order valence-corrected chi connectivity index (χ4v) is 7.85. The molecule has 0 saturated carbocycles. The highest BCUT2D eigenvalue weighted by Gasteiger charge is 2.37. The highest BCUT2D eigenvalue weighted by atomic mass is 35.5. The van der Waals surface area contributed by atoms with E-state index in [1.807, 2.05) is 30.3 Å². The fourth-order valence-electron chi connectivity index (χ4n) is 7.54. The number of methoxy groups -OCH3 is 2. The summed E-state index contributed by atoms with van der Waals surface area (Å²) in [5, 5.41) is 15.7. The van der Waals surface area contributed by atoms with Gasteiger partial charge in [-0.2, -0.15) is 18.2 Å². The van der Waals surface area contributed by atoms with Crippen LogP contribution in [0.25, 0.3) is 22.5 Å². The molecule has 16 heteroatoms. The van der Waals surface area contributed by atoms with Crippen LogP contribution in [0.1, 0.15) is 66.0 Å². The third-order valence-electron chi connectivity index (χ3n) is 10.3. The first kappa shape index (κ1) is 38.3. The number of benzene rings is 1. The lowest BCUT2D eigenvalue weighted by molar-refractivity contribution is -0.137. The lowest BCUT2D eigenvalue weighted by Crippen LogP contribution is -2.35. The van der Waals surface area contributed by atoms with Gasteiger partial charge in [0.15, 0.2) is 0 Å². The third kappa shape index (κ3) is 8.48. The molecule has 2 amide bonds. The SMILES string of the molecule is COc1nc(-c2ccnc(-c3cccc4c3CC[C@H]4Nc3nc(OC)c(CNC[C@H]4CCC(=O)N4)cc3C(F)(F)F)c2Cl)ccc1CNC[C@H]1CCC(=O)N1. The molecule has 55 heavy (non-hydrogen) atoms. The molecule has 0 radical (unpaired) electrons. The summed E-state index contributed by atoms with van der Waals surface area (Å²) >= 11 is 7.07. The van der Waals surface area contributed by atoms with Crippen LogP contribution in [0.15, 0.2) is 48.7 Å². The molecule has 290 valence electrons. The summed E-state index contributed by atoms with van der Waals surface area (Å²) in [6.45, 7) is 1.63. The number of fused-ring (bicyclic) bond motifs is 1. The summed E-state index contributed by atoms with van der Waals surface area (Å²) in [5.74, 6) is 0.232. The summed E-state index contributed by atoms with van der Waals surface area (Å²) in [4.78, 5) is 36.8. The van der Waals surface area contributed by atoms with Gasteiger partial charge < -0.3 is 36.1 Å². The van der Waals surface area contributed by atoms with Crippen LogP contribution >= 0.6 is 11.6 Å². The standard InChI is InChI=1S/C39H42ClF3N8O4/c1-54-37-21(17-44-19-23-7-12-32(52)47-23)6-10-31(50-37)28-14-15-46-35(34(28)40)27-5-3-4-26-25(27)9-11-30(26)49-36-29(39(41,42)43)16-22(38(51-36)55-2)18-45-20-24-8-13-33(53)48-24/h3-6,10,14-16,23-24,30,44-45H,7-9,11-13,17-20H2,1-2H3,(H,47,52)(H,48,53)(H,49,51)/t23-,24-,30-/m1/s1. The number of carbonyl (C=O) groups is 2. The smallest absolute Gasteiger partial charge is 0.419 e. The maximum atomic E-state index is 14.5. The molecule has 7 rings (SSSR count). The molecule has 0 spiro atoms. The zero-order valence-electron chi connectivity index (χ0n) is 30.4. The van der Waals surface area contributed by atoms with Gasteiger partial charge in [0.25, 0.3) is 0 Å². The van der Waals surface area contributed by atoms with Gasteiger partial charge in [-0.3, -0.25) is 14.6 Å². The van der Waals surface area contributed by atoms with E-state index < -0.39 is 17.8 Å². The number of aromatic nitrogens is 3. The number of pyridine rings is 3. The molecule has 3 aliphatic rings. The first-order valence-electron chi connectivity index (χ1n) is 18.2. The minimum atomic E-state index is -4.68. The number of alkyl halides is 3. The average Bonchev–Trinajstić information content (AvgIpc) is 3.91. The Hall–Kier alpha value is -4.99. The van der Waals surface area contributed by atoms with Gasteiger partial charge in [0.2, 0.25) is 23.6 Å². The lowest BCUT2D eigenvalue weighted by Gasteiger charge is -2.21. The maximum absolute atomic E-state index is 14.5. The molecule has 2 aliphatic heterocycles. The number of anilines is 1. The van der Waals surface area contributed by atoms with Crippen molar-refractivity contribution in [1.29, 1.82) is 0 Å². The molecule has 5 heterocycles. The predicted octanol–water partition coefficient (Wildman–Crippen LogP) is 5.73. The van der Waals surface area contributed by atoms with Gasteiger partial charge in [0.05, 0.1) is 42.2 Å². The highest BCUT2D eigenvalue weighted by molar-refractivity contribution is 6.35. The molecule has 2 fully saturated rings. The Morgan fingerprint density at radius 3 is 2.15 bits per heavy atom. The molecular formula is C39H42ClF3N8O4. The van der Waals surface area contributed by atoms with Crippen LogP contribution in [0.2, 0.25) is 5.02 Å². The van der Waals surface area contributed by atoms with Crippen LogP contribution < -0.4 is 36.1 Å². The van der Waals surface area contributed by atoms with E-state index in [2.05, 4.69) is 36.6 Å². The van der Waals surface area contributed by atoms with E-state index in [1.165, 1.54) is 7.11 Å². The molecular weight excluding hydrogens is 737 g/mol. The zero-order valence-corrected chi connectivity index (χ0v) is 31.2. The van der Waals surface area contributed by atoms with E-state index in [1.54, 1.807) is 19.4 Å². The third-order valence-corrected chi connectivity index (χ3v) is 10.7. The number of hydrogen-bond donors (Lipinski definition) is 5. The van der Waals surface area contributed by atoms with Crippen LogP contribution in [0.5, 0.6) is 11.8 Å². The normalized spacial score (nSPS) is 19.3. The van der Waals surface area contributed by atoms with E-state index >= 15 is 0 Å². The first-order valence-corrected chi connectivity index (χ1v) is 18.6. The van der Waals surface area contributed by atoms with Crippen molar-refractivity contribution >= 4 is 29.2 Å². The Labute approximate surface area is 321 Å². The van der Waals surface area contributed by atoms with E-state index in [0.29, 0.717) is 79.6 Å². The summed E-state index contributed by atoms with van der Waals surface area (Å²) < 4.78 is 54.6. The summed E-state index contributed by atoms with van der Waals surface area (Å²) in [7, 11) is 2.93. The number of amides is 2. The molecule has 3 atom stereocenters. The monoisotopic (exact) mass is 778 g/mol. The Morgan fingerprint density at radius 2 is 1.51 bits per heavy atom. The molecule has 1 aromatic carbocycles. The topological polar surface area (TPSA) is 151 Å². The van der Waals surface area contributed by atoms with Gasteiger partial charge in [0.1, 0.15) is 5.82 Å². The number of rotatable bonds is 14. The first-order chi connectivity index (χ1) is 26.5. The van der Waals surface area contributed by atoms with Crippen LogP contribution in [0, 0.1) is 0 Å². The van der Waals surface area contributed by atoms with Crippen molar-refractivity contribution in [3.8, 4) is 34.3 Å². The second-order valence-corrected chi connectivity index (χ2v) is 14.3. The van der Waals surface area contributed by atoms with E-state index in [-0.39, 0.29) is 47.7 Å². The fraction of sp³-hybridized carbons (Fsp3) is 0.410. The average molecular weight is 779 g/mol. The molecule has 0 bridgehead atoms. The number of nitrogens with one attached hydrogen (secondary N) is 5. The van der Waals surface area contributed by atoms with E-state index in [9.17, 15) is 22.8 Å². The molecule has 5 N–H and O–H groups in total. The van der Waals surface area contributed by atoms with Gasteiger partial charge in [-0.15, -0.1) is 0 Å². The van der Waals surface area contributed by atoms with Gasteiger partial charge in [0, 0.05) is 79.6 Å². The van der Waals surface area contributed by atoms with Gasteiger partial charge in [-0.1, -0.05) is 35.9 Å². The number of ether oxygens (including phenoxy) is 2. The van der Waals surface area contributed by atoms with Gasteiger partial charge in [-0.05, 0) is 55.0 Å². The van der Waals surface area contributed by atoms with Crippen molar-refractivity contribution < 1.29 is 32.2 Å². The highest BCUT2D eigenvalue weighted by Crippen LogP contribution is 2.44. The van der Waals surface area contributed by atoms with Crippen molar-refractivity contribution in [2.75, 3.05) is 32.6 Å². The van der Waals surface area contributed by atoms with Crippen molar-refractivity contribution in [2.24, 2.45) is 0 Å². The molecule has 1 aliphatic carbocycles. The molecule has 3 aromatic heterocycles. The Balaban J connectivity index is 1.10. The molecule has 4 aromatic rings. The van der Waals surface area contributed by atoms with Crippen LogP contribution in [0.4, 0.5) is 19.0 Å². The number of nitrogens with zero attached hydrogens (tertiary/aromatic N) is 3. The lowest BCUT2D eigenvalue weighted by atomic mass is 9.98. The molecule has 12 nitrogen and oxygen atoms in total. The minimum Gasteiger partial charge on any atom is -0.481 e. The van der Waals surface area contributed by atoms with Gasteiger partial charge >= 0.3 is 6.18 Å². The Kier molecular flexibility index (Phi) is 11.4. The quantitative estimate of drug-likeness (QED) is 0.107. The zero-order chi connectivity index (χ0) is 38.7. The van der Waals surface area contributed by atoms with Crippen LogP contribution in [-0.4, -0.2) is 66.2 Å². The summed E-state index contributed by atoms with van der Waals surface area (Å²) in [5.41, 5.74) is 4.52. The minimum absolute atomic E-state index is 0.0346. The maximum Gasteiger partial charge on any atom is 0.419 e. The largest absolute Gasteiger partial charge is 0.481 e. The Bertz CT molecular complexity index is 2080. The number of carbonyl (C=O) groups excluding carboxylic acids is 2. The van der Waals surface area contributed by atoms with E-state index in [4.69, 9.17) is 26.1 Å². The van der Waals surface area contributed by atoms with Crippen molar-refractivity contribution in [1.82, 2.24) is 36.2 Å². The summed E-state index contributed by atoms with van der Waals surface area (Å²) in [6.07, 6.45) is 0.503. The van der Waals surface area contributed by atoms with Gasteiger partial charge in [-0.25, -0.2) is 4.98 Å². The van der Waals surface area contributed by atoms with E-state index in [0.717, 1.165) is 34.7 Å². The second-order valence-electron chi connectivity index (χ2n) is 13.9. The number of halogens is 4. The van der Waals surface area contributed by atoms with Crippen molar-refractivity contribution in [3.05, 3.63) is 81.5 Å². The predicted molar refractivity (Wildman–Crippen MR) is 201 cm³/mol. The van der Waals surface area contributed by atoms with Crippen LogP contribution in [0.3, 0.4) is 0 Å². The van der Waals surface area contributed by atoms with Crippen molar-refractivity contribution in [2.45, 2.75) is 75.9 Å². The molecule has 2 saturated heterocycles. The van der Waals surface area contributed by atoms with Crippen LogP contribution in [-0.2, 0) is 35.3 Å².